The Morgan fingerprint density at radius 3 is 2.52 bits per heavy atom. The molecule has 2 N–H and O–H groups in total. The van der Waals surface area contributed by atoms with Crippen LogP contribution in [0.15, 0.2) is 34.7 Å². The molecule has 0 radical (unpaired) electrons. The van der Waals surface area contributed by atoms with Crippen molar-refractivity contribution in [2.45, 2.75) is 57.8 Å². The van der Waals surface area contributed by atoms with Crippen LogP contribution in [0.2, 0.25) is 0 Å². The molecular formula is C30H35N5O6S. The Hall–Kier alpha value is -3.86. The van der Waals surface area contributed by atoms with Crippen molar-refractivity contribution in [3.05, 3.63) is 52.6 Å². The summed E-state index contributed by atoms with van der Waals surface area (Å²) in [5, 5.41) is 3.22. The van der Waals surface area contributed by atoms with Crippen LogP contribution in [0, 0.1) is 12.3 Å². The summed E-state index contributed by atoms with van der Waals surface area (Å²) in [6, 6.07) is 9.43. The number of aryl methyl sites for hydroxylation is 1. The van der Waals surface area contributed by atoms with E-state index in [2.05, 4.69) is 19.8 Å². The van der Waals surface area contributed by atoms with E-state index >= 15 is 0 Å². The fourth-order valence-electron chi connectivity index (χ4n) is 5.61. The Labute approximate surface area is 244 Å². The van der Waals surface area contributed by atoms with Crippen LogP contribution in [-0.4, -0.2) is 62.1 Å². The molecule has 2 aliphatic rings. The molecule has 2 fully saturated rings. The summed E-state index contributed by atoms with van der Waals surface area (Å²) in [5.74, 6) is 0.00606. The van der Waals surface area contributed by atoms with Gasteiger partial charge in [-0.2, -0.15) is 9.77 Å². The number of furan rings is 1. The van der Waals surface area contributed by atoms with Crippen LogP contribution in [-0.2, 0) is 19.6 Å². The maximum Gasteiger partial charge on any atom is 0.323 e. The van der Waals surface area contributed by atoms with Crippen molar-refractivity contribution >= 4 is 44.8 Å². The van der Waals surface area contributed by atoms with Crippen LogP contribution in [0.4, 0.5) is 5.82 Å². The Kier molecular flexibility index (Phi) is 8.58. The number of ketones is 1. The van der Waals surface area contributed by atoms with E-state index in [-0.39, 0.29) is 34.9 Å². The first-order chi connectivity index (χ1) is 20.2. The number of ether oxygens (including phenoxy) is 1. The van der Waals surface area contributed by atoms with Crippen LogP contribution >= 0.6 is 0 Å². The van der Waals surface area contributed by atoms with E-state index < -0.39 is 15.4 Å². The molecule has 0 atom stereocenters. The van der Waals surface area contributed by atoms with Crippen molar-refractivity contribution in [2.75, 3.05) is 30.7 Å². The summed E-state index contributed by atoms with van der Waals surface area (Å²) in [4.78, 5) is 33.1. The smallest absolute Gasteiger partial charge is 0.323 e. The average molecular weight is 594 g/mol. The van der Waals surface area contributed by atoms with Gasteiger partial charge in [0.1, 0.15) is 11.6 Å². The number of Topliss-reactive ketones (excluding diaryl/α,β-unsaturated/α-hetero) is 1. The highest BCUT2D eigenvalue weighted by molar-refractivity contribution is 7.92. The van der Waals surface area contributed by atoms with Crippen molar-refractivity contribution in [3.63, 3.8) is 0 Å². The number of pyridine rings is 1. The monoisotopic (exact) mass is 593 g/mol. The lowest BCUT2D eigenvalue weighted by Gasteiger charge is -2.33. The number of nitrogens with zero attached hydrogens (tertiary/aromatic N) is 3. The van der Waals surface area contributed by atoms with Crippen molar-refractivity contribution in [1.29, 1.82) is 0 Å². The SMILES string of the molecule is CNC(=O)c1c(-c2ccc(C)cc2)oc2nc(NS(=O)(=O)CCCCC3(C(=O)C=[N+]=[N-])CCOCC3)c(C3CC3)cc12. The van der Waals surface area contributed by atoms with Crippen LogP contribution in [0.3, 0.4) is 0 Å². The number of unbranched alkanes of at least 4 members (excludes halogenated alkanes) is 1. The second-order valence-corrected chi connectivity index (χ2v) is 13.0. The van der Waals surface area contributed by atoms with Crippen LogP contribution < -0.4 is 10.0 Å². The molecular weight excluding hydrogens is 558 g/mol. The summed E-state index contributed by atoms with van der Waals surface area (Å²) in [7, 11) is -2.22. The molecule has 1 aliphatic heterocycles. The second-order valence-electron chi connectivity index (χ2n) is 11.2. The van der Waals surface area contributed by atoms with E-state index in [1.807, 2.05) is 37.3 Å². The highest BCUT2D eigenvalue weighted by Crippen LogP contribution is 2.46. The first kappa shape index (κ1) is 29.6. The number of rotatable bonds is 12. The predicted molar refractivity (Wildman–Crippen MR) is 158 cm³/mol. The zero-order chi connectivity index (χ0) is 29.9. The fourth-order valence-corrected chi connectivity index (χ4v) is 6.75. The molecule has 5 rings (SSSR count). The van der Waals surface area contributed by atoms with Crippen LogP contribution in [0.1, 0.15) is 72.3 Å². The number of benzene rings is 1. The lowest BCUT2D eigenvalue weighted by atomic mass is 9.73. The van der Waals surface area contributed by atoms with Gasteiger partial charge in [-0.25, -0.2) is 8.42 Å². The van der Waals surface area contributed by atoms with E-state index in [0.717, 1.165) is 35.7 Å². The molecule has 3 aromatic rings. The van der Waals surface area contributed by atoms with Gasteiger partial charge in [0.05, 0.1) is 16.7 Å². The lowest BCUT2D eigenvalue weighted by Crippen LogP contribution is -2.38. The van der Waals surface area contributed by atoms with Gasteiger partial charge in [0.15, 0.2) is 0 Å². The third-order valence-electron chi connectivity index (χ3n) is 8.22. The third-order valence-corrected chi connectivity index (χ3v) is 9.55. The van der Waals surface area contributed by atoms with E-state index in [9.17, 15) is 18.0 Å². The van der Waals surface area contributed by atoms with Gasteiger partial charge in [-0.05, 0) is 63.0 Å². The number of carbonyl (C=O) groups excluding carboxylic acids is 2. The Morgan fingerprint density at radius 2 is 1.88 bits per heavy atom. The molecule has 1 amide bonds. The van der Waals surface area contributed by atoms with Gasteiger partial charge in [-0.15, -0.1) is 0 Å². The largest absolute Gasteiger partial charge is 0.437 e. The lowest BCUT2D eigenvalue weighted by molar-refractivity contribution is -0.131. The van der Waals surface area contributed by atoms with Gasteiger partial charge in [-0.3, -0.25) is 14.3 Å². The number of sulfonamides is 1. The molecule has 12 heteroatoms. The maximum atomic E-state index is 13.2. The van der Waals surface area contributed by atoms with Gasteiger partial charge in [0.2, 0.25) is 21.5 Å². The molecule has 0 unspecified atom stereocenters. The van der Waals surface area contributed by atoms with E-state index in [1.165, 1.54) is 0 Å². The number of amides is 1. The topological polar surface area (TPSA) is 164 Å². The van der Waals surface area contributed by atoms with Gasteiger partial charge >= 0.3 is 6.21 Å². The summed E-state index contributed by atoms with van der Waals surface area (Å²) in [6.07, 6.45) is 5.05. The molecule has 0 spiro atoms. The molecule has 2 aromatic heterocycles. The standard InChI is InChI=1S/C30H35N5O6S/c1-19-5-7-21(8-6-19)26-25(28(37)32-2)23-17-22(20-9-10-20)27(34-29(23)41-26)35-42(38,39)16-4-3-11-30(24(36)18-33-31)12-14-40-15-13-30/h5-8,17-18,20H,3-4,9-16H2,1-2H3,(H,32,37)(H,34,35). The molecule has 1 aliphatic carbocycles. The quantitative estimate of drug-likeness (QED) is 0.134. The molecule has 1 aromatic carbocycles. The zero-order valence-corrected chi connectivity index (χ0v) is 24.6. The first-order valence-corrected chi connectivity index (χ1v) is 15.9. The summed E-state index contributed by atoms with van der Waals surface area (Å²) < 4.78 is 40.6. The zero-order valence-electron chi connectivity index (χ0n) is 23.8. The van der Waals surface area contributed by atoms with Crippen LogP contribution in [0.5, 0.6) is 0 Å². The second kappa shape index (κ2) is 12.2. The summed E-state index contributed by atoms with van der Waals surface area (Å²) in [5.41, 5.74) is 11.2. The van der Waals surface area contributed by atoms with Crippen LogP contribution in [0.25, 0.3) is 28.0 Å². The van der Waals surface area contributed by atoms with Crippen molar-refractivity contribution in [1.82, 2.24) is 10.3 Å². The number of carbonyl (C=O) groups is 2. The highest BCUT2D eigenvalue weighted by atomic mass is 32.2. The molecule has 1 saturated heterocycles. The number of hydrogen-bond acceptors (Lipinski definition) is 7. The van der Waals surface area contributed by atoms with Crippen molar-refractivity contribution in [2.24, 2.45) is 5.41 Å². The van der Waals surface area contributed by atoms with Crippen molar-refractivity contribution in [3.8, 4) is 11.3 Å². The Balaban J connectivity index is 1.37. The van der Waals surface area contributed by atoms with Gasteiger partial charge in [-0.1, -0.05) is 36.2 Å². The molecule has 11 nitrogen and oxygen atoms in total. The van der Waals surface area contributed by atoms with E-state index in [4.69, 9.17) is 14.7 Å². The van der Waals surface area contributed by atoms with Crippen molar-refractivity contribution < 1.29 is 32.0 Å². The number of nitrogens with one attached hydrogen (secondary N) is 2. The first-order valence-electron chi connectivity index (χ1n) is 14.2. The average Bonchev–Trinajstić information content (AvgIpc) is 3.76. The van der Waals surface area contributed by atoms with Gasteiger partial charge in [0.25, 0.3) is 5.91 Å². The third kappa shape index (κ3) is 6.30. The van der Waals surface area contributed by atoms with E-state index in [1.54, 1.807) is 7.05 Å². The Bertz CT molecular complexity index is 1650. The minimum absolute atomic E-state index is 0.141. The summed E-state index contributed by atoms with van der Waals surface area (Å²) >= 11 is 0. The Morgan fingerprint density at radius 1 is 1.17 bits per heavy atom. The normalized spacial score (nSPS) is 16.5. The minimum atomic E-state index is -3.78. The number of aromatic nitrogens is 1. The number of hydrogen-bond donors (Lipinski definition) is 2. The van der Waals surface area contributed by atoms with Gasteiger partial charge < -0.3 is 20.0 Å². The highest BCUT2D eigenvalue weighted by Gasteiger charge is 2.40. The molecule has 42 heavy (non-hydrogen) atoms. The summed E-state index contributed by atoms with van der Waals surface area (Å²) in [6.45, 7) is 2.84. The molecule has 1 saturated carbocycles. The molecule has 0 bridgehead atoms. The minimum Gasteiger partial charge on any atom is -0.437 e. The maximum absolute atomic E-state index is 13.2. The number of fused-ring (bicyclic) bond motifs is 1. The van der Waals surface area contributed by atoms with E-state index in [0.29, 0.717) is 62.0 Å². The predicted octanol–water partition coefficient (Wildman–Crippen LogP) is 4.62. The fraction of sp³-hybridized carbons (Fsp3) is 0.467. The van der Waals surface area contributed by atoms with Gasteiger partial charge in [0, 0.05) is 31.2 Å². The number of anilines is 1. The molecule has 3 heterocycles. The molecule has 222 valence electrons.